The minimum atomic E-state index is -1.27. The molecule has 1 heterocycles. The van der Waals surface area contributed by atoms with Gasteiger partial charge in [0.2, 0.25) is 0 Å². The molecule has 1 saturated heterocycles. The second-order valence-corrected chi connectivity index (χ2v) is 6.43. The molecule has 114 valence electrons. The third kappa shape index (κ3) is 2.90. The highest BCUT2D eigenvalue weighted by Gasteiger charge is 2.43. The molecule has 2 aliphatic rings. The summed E-state index contributed by atoms with van der Waals surface area (Å²) >= 11 is 0. The Hall–Kier alpha value is -0.910. The van der Waals surface area contributed by atoms with E-state index in [1.54, 1.807) is 19.9 Å². The van der Waals surface area contributed by atoms with Gasteiger partial charge in [0.05, 0.1) is 23.7 Å². The van der Waals surface area contributed by atoms with Crippen LogP contribution < -0.4 is 0 Å². The van der Waals surface area contributed by atoms with Gasteiger partial charge in [-0.1, -0.05) is 6.92 Å². The molecule has 1 fully saturated rings. The summed E-state index contributed by atoms with van der Waals surface area (Å²) in [7, 11) is 0. The first-order valence-electron chi connectivity index (χ1n) is 7.19. The van der Waals surface area contributed by atoms with E-state index in [-0.39, 0.29) is 30.3 Å². The molecule has 0 aromatic heterocycles. The van der Waals surface area contributed by atoms with E-state index in [0.717, 1.165) is 0 Å². The van der Waals surface area contributed by atoms with Crippen molar-refractivity contribution in [3.8, 4) is 0 Å². The topological polar surface area (TPSA) is 87.0 Å². The van der Waals surface area contributed by atoms with Gasteiger partial charge >= 0.3 is 5.97 Å². The minimum absolute atomic E-state index is 0.0265. The molecule has 0 bridgehead atoms. The van der Waals surface area contributed by atoms with E-state index in [2.05, 4.69) is 0 Å². The lowest BCUT2D eigenvalue weighted by atomic mass is 9.79. The Balaban J connectivity index is 2.31. The fourth-order valence-corrected chi connectivity index (χ4v) is 3.01. The summed E-state index contributed by atoms with van der Waals surface area (Å²) in [5, 5.41) is 30.5. The molecule has 0 aromatic rings. The van der Waals surface area contributed by atoms with E-state index in [4.69, 9.17) is 4.74 Å². The van der Waals surface area contributed by atoms with Gasteiger partial charge in [0.15, 0.2) is 0 Å². The van der Waals surface area contributed by atoms with Gasteiger partial charge < -0.3 is 20.1 Å². The summed E-state index contributed by atoms with van der Waals surface area (Å²) in [6, 6.07) is 0. The average Bonchev–Trinajstić information content (AvgIpc) is 2.61. The van der Waals surface area contributed by atoms with E-state index in [9.17, 15) is 20.1 Å². The number of carbonyl (C=O) groups is 1. The van der Waals surface area contributed by atoms with Crippen LogP contribution in [0.15, 0.2) is 11.6 Å². The van der Waals surface area contributed by atoms with Crippen LogP contribution in [0.1, 0.15) is 40.0 Å². The Bertz CT molecular complexity index is 414. The lowest BCUT2D eigenvalue weighted by Crippen LogP contribution is -2.43. The molecule has 1 aliphatic heterocycles. The van der Waals surface area contributed by atoms with Crippen LogP contribution in [0.2, 0.25) is 0 Å². The maximum atomic E-state index is 11.7. The van der Waals surface area contributed by atoms with Crippen molar-refractivity contribution in [3.63, 3.8) is 0 Å². The Kier molecular flexibility index (Phi) is 4.23. The van der Waals surface area contributed by atoms with Gasteiger partial charge in [-0.25, -0.2) is 0 Å². The number of aliphatic hydroxyl groups is 3. The minimum Gasteiger partial charge on any atom is -0.458 e. The predicted octanol–water partition coefficient (Wildman–Crippen LogP) is 0.767. The molecule has 6 unspecified atom stereocenters. The molecule has 1 aliphatic carbocycles. The monoisotopic (exact) mass is 284 g/mol. The van der Waals surface area contributed by atoms with Gasteiger partial charge in [0, 0.05) is 12.3 Å². The molecule has 0 amide bonds. The van der Waals surface area contributed by atoms with Crippen LogP contribution in [-0.2, 0) is 9.53 Å². The van der Waals surface area contributed by atoms with Crippen molar-refractivity contribution in [1.82, 2.24) is 0 Å². The number of ether oxygens (including phenoxy) is 1. The van der Waals surface area contributed by atoms with Crippen LogP contribution in [-0.4, -0.2) is 45.2 Å². The fourth-order valence-electron chi connectivity index (χ4n) is 3.01. The van der Waals surface area contributed by atoms with Crippen molar-refractivity contribution >= 4 is 5.97 Å². The van der Waals surface area contributed by atoms with Gasteiger partial charge in [-0.05, 0) is 38.3 Å². The number of carbonyl (C=O) groups excluding carboxylic acids is 1. The number of esters is 1. The molecule has 2 rings (SSSR count). The van der Waals surface area contributed by atoms with Crippen LogP contribution in [0.25, 0.3) is 0 Å². The summed E-state index contributed by atoms with van der Waals surface area (Å²) < 4.78 is 5.35. The van der Waals surface area contributed by atoms with Gasteiger partial charge in [-0.3, -0.25) is 4.79 Å². The molecule has 3 N–H and O–H groups in total. The van der Waals surface area contributed by atoms with Crippen LogP contribution >= 0.6 is 0 Å². The summed E-state index contributed by atoms with van der Waals surface area (Å²) in [6.07, 6.45) is 0.644. The summed E-state index contributed by atoms with van der Waals surface area (Å²) in [5.74, 6) is -0.493. The normalized spacial score (nSPS) is 46.4. The van der Waals surface area contributed by atoms with Gasteiger partial charge in [0.1, 0.15) is 6.10 Å². The first-order valence-corrected chi connectivity index (χ1v) is 7.19. The number of fused-ring (bicyclic) bond motifs is 1. The molecule has 0 spiro atoms. The van der Waals surface area contributed by atoms with Gasteiger partial charge in [-0.15, -0.1) is 0 Å². The molecule has 0 radical (unpaired) electrons. The standard InChI is InChI=1S/C15H24O5/c1-8-6-12-10(9(2)14(18)20-12)4-5-15(3,19)13(17)7-11(8)16/h6,9-13,16-17,19H,4-5,7H2,1-3H3. The van der Waals surface area contributed by atoms with Gasteiger partial charge in [0.25, 0.3) is 0 Å². The number of rotatable bonds is 0. The van der Waals surface area contributed by atoms with Crippen LogP contribution in [0.3, 0.4) is 0 Å². The highest BCUT2D eigenvalue weighted by atomic mass is 16.6. The predicted molar refractivity (Wildman–Crippen MR) is 72.8 cm³/mol. The van der Waals surface area contributed by atoms with Crippen molar-refractivity contribution in [3.05, 3.63) is 11.6 Å². The van der Waals surface area contributed by atoms with Crippen molar-refractivity contribution in [2.75, 3.05) is 0 Å². The maximum Gasteiger partial charge on any atom is 0.309 e. The first-order chi connectivity index (χ1) is 9.22. The highest BCUT2D eigenvalue weighted by molar-refractivity contribution is 5.75. The Morgan fingerprint density at radius 3 is 2.70 bits per heavy atom. The van der Waals surface area contributed by atoms with E-state index < -0.39 is 17.8 Å². The Morgan fingerprint density at radius 1 is 1.40 bits per heavy atom. The van der Waals surface area contributed by atoms with Crippen molar-refractivity contribution in [1.29, 1.82) is 0 Å². The number of hydrogen-bond donors (Lipinski definition) is 3. The molecule has 0 aromatic carbocycles. The van der Waals surface area contributed by atoms with E-state index in [1.807, 2.05) is 6.92 Å². The third-order valence-electron chi connectivity index (χ3n) is 4.79. The van der Waals surface area contributed by atoms with Crippen LogP contribution in [0, 0.1) is 11.8 Å². The second-order valence-electron chi connectivity index (χ2n) is 6.43. The molecular formula is C15H24O5. The van der Waals surface area contributed by atoms with E-state index in [1.165, 1.54) is 0 Å². The first kappa shape index (κ1) is 15.5. The van der Waals surface area contributed by atoms with Gasteiger partial charge in [-0.2, -0.15) is 0 Å². The summed E-state index contributed by atoms with van der Waals surface area (Å²) in [5.41, 5.74) is -0.604. The second kappa shape index (κ2) is 5.47. The van der Waals surface area contributed by atoms with Crippen molar-refractivity contribution in [2.45, 2.75) is 63.9 Å². The zero-order valence-corrected chi connectivity index (χ0v) is 12.2. The molecule has 20 heavy (non-hydrogen) atoms. The van der Waals surface area contributed by atoms with Crippen LogP contribution in [0.5, 0.6) is 0 Å². The van der Waals surface area contributed by atoms with E-state index in [0.29, 0.717) is 18.4 Å². The number of hydrogen-bond acceptors (Lipinski definition) is 5. The van der Waals surface area contributed by atoms with Crippen molar-refractivity contribution < 1.29 is 24.9 Å². The number of aliphatic hydroxyl groups excluding tert-OH is 2. The maximum absolute atomic E-state index is 11.7. The average molecular weight is 284 g/mol. The molecule has 5 nitrogen and oxygen atoms in total. The summed E-state index contributed by atoms with van der Waals surface area (Å²) in [4.78, 5) is 11.7. The fraction of sp³-hybridized carbons (Fsp3) is 0.800. The van der Waals surface area contributed by atoms with Crippen molar-refractivity contribution in [2.24, 2.45) is 11.8 Å². The zero-order chi connectivity index (χ0) is 15.1. The smallest absolute Gasteiger partial charge is 0.309 e. The molecule has 6 atom stereocenters. The van der Waals surface area contributed by atoms with E-state index >= 15 is 0 Å². The Labute approximate surface area is 119 Å². The molecule has 0 saturated carbocycles. The lowest BCUT2D eigenvalue weighted by Gasteiger charge is -2.33. The quantitative estimate of drug-likeness (QED) is 0.452. The summed E-state index contributed by atoms with van der Waals surface area (Å²) in [6.45, 7) is 5.15. The van der Waals surface area contributed by atoms with Crippen LogP contribution in [0.4, 0.5) is 0 Å². The molecular weight excluding hydrogens is 260 g/mol. The lowest BCUT2D eigenvalue weighted by molar-refractivity contribution is -0.142. The third-order valence-corrected chi connectivity index (χ3v) is 4.79. The zero-order valence-electron chi connectivity index (χ0n) is 12.2. The molecule has 5 heteroatoms. The largest absolute Gasteiger partial charge is 0.458 e. The highest BCUT2D eigenvalue weighted by Crippen LogP contribution is 2.37. The Morgan fingerprint density at radius 2 is 2.05 bits per heavy atom. The SMILES string of the molecule is CC1=CC2OC(=O)C(C)C2CCC(C)(O)C(O)CC1O.